The third kappa shape index (κ3) is 2.93. The van der Waals surface area contributed by atoms with Gasteiger partial charge in [0.15, 0.2) is 0 Å². The highest BCUT2D eigenvalue weighted by Crippen LogP contribution is 2.36. The molecule has 0 bridgehead atoms. The molecule has 3 heteroatoms. The number of hydrogen-bond donors (Lipinski definition) is 3. The summed E-state index contributed by atoms with van der Waals surface area (Å²) in [5.41, 5.74) is 0. The molecule has 0 spiro atoms. The standard InChI is InChI=1S/C10H20O3/c1-7(2)8-3-5-9(6-4-8)10(11,12)13/h7-9,11-13H,3-6H2,1-2H3. The Morgan fingerprint density at radius 2 is 1.46 bits per heavy atom. The van der Waals surface area contributed by atoms with E-state index < -0.39 is 5.97 Å². The molecule has 78 valence electrons. The molecule has 0 atom stereocenters. The Hall–Kier alpha value is -0.120. The summed E-state index contributed by atoms with van der Waals surface area (Å²) in [6.45, 7) is 4.38. The van der Waals surface area contributed by atoms with Gasteiger partial charge in [-0.3, -0.25) is 0 Å². The molecule has 1 saturated carbocycles. The fourth-order valence-corrected chi connectivity index (χ4v) is 2.17. The van der Waals surface area contributed by atoms with Crippen LogP contribution < -0.4 is 0 Å². The molecule has 0 radical (unpaired) electrons. The molecule has 0 aromatic carbocycles. The van der Waals surface area contributed by atoms with Crippen molar-refractivity contribution in [1.29, 1.82) is 0 Å². The molecule has 0 saturated heterocycles. The molecule has 0 aliphatic heterocycles. The number of rotatable bonds is 2. The first kappa shape index (κ1) is 11.0. The van der Waals surface area contributed by atoms with Crippen molar-refractivity contribution in [3.8, 4) is 0 Å². The van der Waals surface area contributed by atoms with Crippen LogP contribution in [0.2, 0.25) is 0 Å². The molecule has 1 aliphatic carbocycles. The maximum absolute atomic E-state index is 8.98. The average molecular weight is 188 g/mol. The van der Waals surface area contributed by atoms with Crippen LogP contribution in [0.1, 0.15) is 39.5 Å². The second kappa shape index (κ2) is 3.95. The molecular weight excluding hydrogens is 168 g/mol. The van der Waals surface area contributed by atoms with Gasteiger partial charge < -0.3 is 15.3 Å². The van der Waals surface area contributed by atoms with Gasteiger partial charge in [-0.25, -0.2) is 0 Å². The van der Waals surface area contributed by atoms with Crippen LogP contribution in [0.25, 0.3) is 0 Å². The van der Waals surface area contributed by atoms with Crippen LogP contribution in [0.5, 0.6) is 0 Å². The Morgan fingerprint density at radius 3 is 1.77 bits per heavy atom. The Balaban J connectivity index is 2.39. The smallest absolute Gasteiger partial charge is 0.278 e. The van der Waals surface area contributed by atoms with Gasteiger partial charge in [0, 0.05) is 5.92 Å². The van der Waals surface area contributed by atoms with Gasteiger partial charge in [-0.15, -0.1) is 0 Å². The monoisotopic (exact) mass is 188 g/mol. The molecule has 0 unspecified atom stereocenters. The first-order chi connectivity index (χ1) is 5.91. The van der Waals surface area contributed by atoms with Crippen LogP contribution in [-0.4, -0.2) is 21.3 Å². The molecule has 1 fully saturated rings. The highest BCUT2D eigenvalue weighted by Gasteiger charge is 2.35. The zero-order valence-corrected chi connectivity index (χ0v) is 8.40. The average Bonchev–Trinajstić information content (AvgIpc) is 2.03. The number of hydrogen-bond acceptors (Lipinski definition) is 3. The highest BCUT2D eigenvalue weighted by molar-refractivity contribution is 4.77. The molecule has 3 nitrogen and oxygen atoms in total. The summed E-state index contributed by atoms with van der Waals surface area (Å²) in [5.74, 6) is -1.48. The maximum atomic E-state index is 8.98. The van der Waals surface area contributed by atoms with E-state index >= 15 is 0 Å². The van der Waals surface area contributed by atoms with Gasteiger partial charge in [0.1, 0.15) is 0 Å². The minimum Gasteiger partial charge on any atom is -0.343 e. The van der Waals surface area contributed by atoms with Crippen molar-refractivity contribution in [3.05, 3.63) is 0 Å². The van der Waals surface area contributed by atoms with Crippen LogP contribution in [-0.2, 0) is 0 Å². The van der Waals surface area contributed by atoms with E-state index in [9.17, 15) is 0 Å². The summed E-state index contributed by atoms with van der Waals surface area (Å²) in [6.07, 6.45) is 3.41. The summed E-state index contributed by atoms with van der Waals surface area (Å²) in [4.78, 5) is 0. The van der Waals surface area contributed by atoms with E-state index in [-0.39, 0.29) is 5.92 Å². The number of aliphatic hydroxyl groups is 3. The summed E-state index contributed by atoms with van der Waals surface area (Å²) in [6, 6.07) is 0. The Labute approximate surface area is 79.4 Å². The molecule has 0 amide bonds. The SMILES string of the molecule is CC(C)C1CCC(C(O)(O)O)CC1. The third-order valence-electron chi connectivity index (χ3n) is 3.26. The lowest BCUT2D eigenvalue weighted by Crippen LogP contribution is -2.39. The minimum atomic E-state index is -2.46. The van der Waals surface area contributed by atoms with Crippen molar-refractivity contribution in [2.24, 2.45) is 17.8 Å². The Kier molecular flexibility index (Phi) is 3.33. The van der Waals surface area contributed by atoms with E-state index in [0.29, 0.717) is 24.7 Å². The van der Waals surface area contributed by atoms with Crippen LogP contribution in [0.4, 0.5) is 0 Å². The molecule has 1 aliphatic rings. The first-order valence-electron chi connectivity index (χ1n) is 5.08. The minimum absolute atomic E-state index is 0.359. The fourth-order valence-electron chi connectivity index (χ4n) is 2.17. The Bertz CT molecular complexity index is 152. The van der Waals surface area contributed by atoms with E-state index in [1.165, 1.54) is 0 Å². The van der Waals surface area contributed by atoms with E-state index in [2.05, 4.69) is 13.8 Å². The van der Waals surface area contributed by atoms with Crippen molar-refractivity contribution in [2.45, 2.75) is 45.5 Å². The van der Waals surface area contributed by atoms with Crippen LogP contribution >= 0.6 is 0 Å². The van der Waals surface area contributed by atoms with Gasteiger partial charge in [-0.05, 0) is 37.5 Å². The van der Waals surface area contributed by atoms with Crippen molar-refractivity contribution in [3.63, 3.8) is 0 Å². The van der Waals surface area contributed by atoms with Crippen molar-refractivity contribution in [2.75, 3.05) is 0 Å². The van der Waals surface area contributed by atoms with Gasteiger partial charge in [0.25, 0.3) is 5.97 Å². The van der Waals surface area contributed by atoms with Crippen LogP contribution in [0, 0.1) is 17.8 Å². The van der Waals surface area contributed by atoms with Gasteiger partial charge >= 0.3 is 0 Å². The molecule has 0 heterocycles. The molecule has 0 aromatic rings. The first-order valence-corrected chi connectivity index (χ1v) is 5.08. The second-order valence-electron chi connectivity index (χ2n) is 4.54. The van der Waals surface area contributed by atoms with E-state index in [1.807, 2.05) is 0 Å². The summed E-state index contributed by atoms with van der Waals surface area (Å²) < 4.78 is 0. The third-order valence-corrected chi connectivity index (χ3v) is 3.26. The zero-order valence-electron chi connectivity index (χ0n) is 8.40. The van der Waals surface area contributed by atoms with Gasteiger partial charge in [0.2, 0.25) is 0 Å². The lowest BCUT2D eigenvalue weighted by molar-refractivity contribution is -0.346. The summed E-state index contributed by atoms with van der Waals surface area (Å²) in [5, 5.41) is 26.9. The normalized spacial score (nSPS) is 30.9. The topological polar surface area (TPSA) is 60.7 Å². The van der Waals surface area contributed by atoms with Crippen molar-refractivity contribution >= 4 is 0 Å². The largest absolute Gasteiger partial charge is 0.343 e. The Morgan fingerprint density at radius 1 is 1.00 bits per heavy atom. The van der Waals surface area contributed by atoms with Crippen LogP contribution in [0.3, 0.4) is 0 Å². The van der Waals surface area contributed by atoms with E-state index in [0.717, 1.165) is 12.8 Å². The summed E-state index contributed by atoms with van der Waals surface area (Å²) >= 11 is 0. The predicted molar refractivity (Wildman–Crippen MR) is 49.7 cm³/mol. The molecule has 1 rings (SSSR count). The van der Waals surface area contributed by atoms with Crippen molar-refractivity contribution < 1.29 is 15.3 Å². The molecule has 13 heavy (non-hydrogen) atoms. The highest BCUT2D eigenvalue weighted by atomic mass is 16.7. The molecule has 3 N–H and O–H groups in total. The van der Waals surface area contributed by atoms with E-state index in [4.69, 9.17) is 15.3 Å². The fraction of sp³-hybridized carbons (Fsp3) is 1.00. The summed E-state index contributed by atoms with van der Waals surface area (Å²) in [7, 11) is 0. The van der Waals surface area contributed by atoms with E-state index in [1.54, 1.807) is 0 Å². The quantitative estimate of drug-likeness (QED) is 0.568. The molecule has 0 aromatic heterocycles. The van der Waals surface area contributed by atoms with Crippen LogP contribution in [0.15, 0.2) is 0 Å². The lowest BCUT2D eigenvalue weighted by atomic mass is 9.76. The maximum Gasteiger partial charge on any atom is 0.278 e. The molecular formula is C10H20O3. The van der Waals surface area contributed by atoms with Gasteiger partial charge in [-0.2, -0.15) is 0 Å². The van der Waals surface area contributed by atoms with Crippen molar-refractivity contribution in [1.82, 2.24) is 0 Å². The second-order valence-corrected chi connectivity index (χ2v) is 4.54. The predicted octanol–water partition coefficient (Wildman–Crippen LogP) is 1.08. The lowest BCUT2D eigenvalue weighted by Gasteiger charge is -2.34. The van der Waals surface area contributed by atoms with Gasteiger partial charge in [-0.1, -0.05) is 13.8 Å². The zero-order chi connectivity index (χ0) is 10.1. The van der Waals surface area contributed by atoms with Gasteiger partial charge in [0.05, 0.1) is 0 Å².